The van der Waals surface area contributed by atoms with Crippen LogP contribution in [0, 0.1) is 0 Å². The van der Waals surface area contributed by atoms with Gasteiger partial charge in [0.05, 0.1) is 0 Å². The zero-order chi connectivity index (χ0) is 11.7. The van der Waals surface area contributed by atoms with Crippen molar-refractivity contribution in [3.8, 4) is 0 Å². The van der Waals surface area contributed by atoms with Crippen LogP contribution in [0.5, 0.6) is 0 Å². The Hall–Kier alpha value is -0.770. The lowest BCUT2D eigenvalue weighted by Gasteiger charge is -2.20. The average Bonchev–Trinajstić information content (AvgIpc) is 3.17. The van der Waals surface area contributed by atoms with E-state index in [4.69, 9.17) is 0 Å². The number of fused-ring (bicyclic) bond motifs is 1. The summed E-state index contributed by atoms with van der Waals surface area (Å²) in [7, 11) is 0. The molecule has 0 unspecified atom stereocenters. The van der Waals surface area contributed by atoms with E-state index in [-0.39, 0.29) is 0 Å². The summed E-state index contributed by atoms with van der Waals surface area (Å²) in [4.78, 5) is 8.83. The number of nitrogens with zero attached hydrogens (tertiary/aromatic N) is 2. The van der Waals surface area contributed by atoms with Crippen molar-refractivity contribution in [1.29, 1.82) is 0 Å². The van der Waals surface area contributed by atoms with Gasteiger partial charge in [-0.3, -0.25) is 0 Å². The predicted octanol–water partition coefficient (Wildman–Crippen LogP) is 2.66. The number of anilines is 1. The highest BCUT2D eigenvalue weighted by Gasteiger charge is 2.41. The Kier molecular flexibility index (Phi) is 2.99. The van der Waals surface area contributed by atoms with Crippen LogP contribution in [0.3, 0.4) is 0 Å². The smallest absolute Gasteiger partial charge is 0.132 e. The molecule has 1 saturated carbocycles. The van der Waals surface area contributed by atoms with E-state index >= 15 is 0 Å². The monoisotopic (exact) mass is 249 g/mol. The van der Waals surface area contributed by atoms with E-state index < -0.39 is 0 Å². The van der Waals surface area contributed by atoms with Crippen LogP contribution in [-0.4, -0.2) is 27.5 Å². The molecule has 0 aliphatic heterocycles. The molecule has 1 N–H and O–H groups in total. The highest BCUT2D eigenvalue weighted by Crippen LogP contribution is 2.47. The molecule has 1 fully saturated rings. The Balaban J connectivity index is 1.74. The van der Waals surface area contributed by atoms with Crippen molar-refractivity contribution in [2.24, 2.45) is 0 Å². The number of thioether (sulfide) groups is 1. The molecule has 0 aromatic carbocycles. The molecule has 0 radical (unpaired) electrons. The number of aryl methyl sites for hydroxylation is 1. The number of aromatic nitrogens is 2. The minimum Gasteiger partial charge on any atom is -0.368 e. The lowest BCUT2D eigenvalue weighted by molar-refractivity contribution is 0.663. The molecule has 2 aliphatic rings. The fourth-order valence-electron chi connectivity index (χ4n) is 2.51. The molecular formula is C13H19N3S. The Bertz CT molecular complexity index is 415. The van der Waals surface area contributed by atoms with E-state index in [1.807, 2.05) is 11.8 Å². The largest absolute Gasteiger partial charge is 0.368 e. The molecule has 0 atom stereocenters. The van der Waals surface area contributed by atoms with Gasteiger partial charge in [0.2, 0.25) is 0 Å². The van der Waals surface area contributed by atoms with Crippen LogP contribution in [0.4, 0.5) is 5.82 Å². The van der Waals surface area contributed by atoms with E-state index in [0.29, 0.717) is 4.75 Å². The van der Waals surface area contributed by atoms with Gasteiger partial charge >= 0.3 is 0 Å². The topological polar surface area (TPSA) is 37.8 Å². The maximum absolute atomic E-state index is 4.43. The van der Waals surface area contributed by atoms with Gasteiger partial charge in [0.1, 0.15) is 12.1 Å². The van der Waals surface area contributed by atoms with Crippen molar-refractivity contribution in [1.82, 2.24) is 9.97 Å². The summed E-state index contributed by atoms with van der Waals surface area (Å²) in [6.45, 7) is 1.05. The second-order valence-electron chi connectivity index (χ2n) is 5.10. The normalized spacial score (nSPS) is 20.8. The SMILES string of the molecule is CSC1(CNc2ncnc3c2CCCC3)CC1. The summed E-state index contributed by atoms with van der Waals surface area (Å²) < 4.78 is 0.493. The van der Waals surface area contributed by atoms with Gasteiger partial charge in [-0.15, -0.1) is 0 Å². The number of hydrogen-bond donors (Lipinski definition) is 1. The minimum atomic E-state index is 0.493. The standard InChI is InChI=1S/C13H19N3S/c1-17-13(6-7-13)8-14-12-10-4-2-3-5-11(10)15-9-16-12/h9H,2-8H2,1H3,(H,14,15,16). The van der Waals surface area contributed by atoms with Gasteiger partial charge < -0.3 is 5.32 Å². The molecule has 0 saturated heterocycles. The van der Waals surface area contributed by atoms with Crippen LogP contribution in [0.15, 0.2) is 6.33 Å². The molecule has 1 aromatic heterocycles. The van der Waals surface area contributed by atoms with Crippen molar-refractivity contribution in [3.63, 3.8) is 0 Å². The highest BCUT2D eigenvalue weighted by atomic mass is 32.2. The van der Waals surface area contributed by atoms with Crippen LogP contribution in [-0.2, 0) is 12.8 Å². The molecule has 0 spiro atoms. The van der Waals surface area contributed by atoms with E-state index in [1.54, 1.807) is 6.33 Å². The second-order valence-corrected chi connectivity index (χ2v) is 6.37. The van der Waals surface area contributed by atoms with E-state index in [2.05, 4.69) is 21.5 Å². The summed E-state index contributed by atoms with van der Waals surface area (Å²) in [5, 5.41) is 3.55. The van der Waals surface area contributed by atoms with Crippen molar-refractivity contribution in [2.45, 2.75) is 43.3 Å². The van der Waals surface area contributed by atoms with Crippen molar-refractivity contribution >= 4 is 17.6 Å². The molecule has 4 heteroatoms. The third-order valence-corrected chi connectivity index (χ3v) is 5.36. The van der Waals surface area contributed by atoms with Gasteiger partial charge in [0.25, 0.3) is 0 Å². The van der Waals surface area contributed by atoms with Crippen LogP contribution in [0.25, 0.3) is 0 Å². The lowest BCUT2D eigenvalue weighted by atomic mass is 9.96. The molecular weight excluding hydrogens is 230 g/mol. The van der Waals surface area contributed by atoms with E-state index in [0.717, 1.165) is 25.2 Å². The van der Waals surface area contributed by atoms with Gasteiger partial charge in [-0.1, -0.05) is 0 Å². The highest BCUT2D eigenvalue weighted by molar-refractivity contribution is 8.00. The first-order chi connectivity index (χ1) is 8.33. The average molecular weight is 249 g/mol. The van der Waals surface area contributed by atoms with Crippen LogP contribution < -0.4 is 5.32 Å². The molecule has 92 valence electrons. The second kappa shape index (κ2) is 4.48. The molecule has 1 heterocycles. The Morgan fingerprint density at radius 3 is 2.88 bits per heavy atom. The maximum Gasteiger partial charge on any atom is 0.132 e. The molecule has 0 amide bonds. The zero-order valence-corrected chi connectivity index (χ0v) is 11.1. The fraction of sp³-hybridized carbons (Fsp3) is 0.692. The van der Waals surface area contributed by atoms with E-state index in [9.17, 15) is 0 Å². The third-order valence-electron chi connectivity index (χ3n) is 3.94. The van der Waals surface area contributed by atoms with Gasteiger partial charge in [0, 0.05) is 22.5 Å². The van der Waals surface area contributed by atoms with Crippen molar-refractivity contribution in [3.05, 3.63) is 17.6 Å². The van der Waals surface area contributed by atoms with Crippen molar-refractivity contribution < 1.29 is 0 Å². The minimum absolute atomic E-state index is 0.493. The van der Waals surface area contributed by atoms with Gasteiger partial charge in [-0.25, -0.2) is 9.97 Å². The zero-order valence-electron chi connectivity index (χ0n) is 10.3. The third kappa shape index (κ3) is 2.28. The molecule has 3 nitrogen and oxygen atoms in total. The maximum atomic E-state index is 4.43. The number of hydrogen-bond acceptors (Lipinski definition) is 4. The Labute approximate surface area is 107 Å². The first-order valence-electron chi connectivity index (χ1n) is 6.45. The molecule has 1 aromatic rings. The molecule has 0 bridgehead atoms. The molecule has 3 rings (SSSR count). The first kappa shape index (κ1) is 11.3. The summed E-state index contributed by atoms with van der Waals surface area (Å²) in [5.74, 6) is 1.09. The number of rotatable bonds is 4. The van der Waals surface area contributed by atoms with Gasteiger partial charge in [0.15, 0.2) is 0 Å². The summed E-state index contributed by atoms with van der Waals surface area (Å²) in [6.07, 6.45) is 11.4. The van der Waals surface area contributed by atoms with Crippen molar-refractivity contribution in [2.75, 3.05) is 18.1 Å². The van der Waals surface area contributed by atoms with Gasteiger partial charge in [-0.05, 0) is 44.8 Å². The summed E-state index contributed by atoms with van der Waals surface area (Å²) in [6, 6.07) is 0. The Morgan fingerprint density at radius 2 is 2.12 bits per heavy atom. The fourth-order valence-corrected chi connectivity index (χ4v) is 3.24. The quantitative estimate of drug-likeness (QED) is 0.890. The molecule has 17 heavy (non-hydrogen) atoms. The van der Waals surface area contributed by atoms with Crippen LogP contribution in [0.2, 0.25) is 0 Å². The first-order valence-corrected chi connectivity index (χ1v) is 7.67. The predicted molar refractivity (Wildman–Crippen MR) is 72.6 cm³/mol. The Morgan fingerprint density at radius 1 is 1.29 bits per heavy atom. The number of nitrogens with one attached hydrogen (secondary N) is 1. The summed E-state index contributed by atoms with van der Waals surface area (Å²) in [5.41, 5.74) is 2.64. The van der Waals surface area contributed by atoms with E-state index in [1.165, 1.54) is 36.9 Å². The molecule has 2 aliphatic carbocycles. The van der Waals surface area contributed by atoms with Crippen LogP contribution in [0.1, 0.15) is 36.9 Å². The van der Waals surface area contributed by atoms with Crippen LogP contribution >= 0.6 is 11.8 Å². The lowest BCUT2D eigenvalue weighted by Crippen LogP contribution is -2.20. The summed E-state index contributed by atoms with van der Waals surface area (Å²) >= 11 is 1.99. The van der Waals surface area contributed by atoms with Gasteiger partial charge in [-0.2, -0.15) is 11.8 Å².